The minimum absolute atomic E-state index is 0.131. The second-order valence-corrected chi connectivity index (χ2v) is 5.68. The molecule has 0 saturated heterocycles. The number of para-hydroxylation sites is 1. The van der Waals surface area contributed by atoms with Crippen molar-refractivity contribution in [2.75, 3.05) is 13.2 Å². The van der Waals surface area contributed by atoms with Crippen molar-refractivity contribution in [2.45, 2.75) is 33.2 Å². The smallest absolute Gasteiger partial charge is 0.226 e. The molecule has 0 aliphatic carbocycles. The van der Waals surface area contributed by atoms with Crippen LogP contribution >= 0.6 is 0 Å². The first kappa shape index (κ1) is 14.6. The van der Waals surface area contributed by atoms with Gasteiger partial charge in [-0.05, 0) is 25.5 Å². The van der Waals surface area contributed by atoms with Crippen molar-refractivity contribution in [3.63, 3.8) is 0 Å². The van der Waals surface area contributed by atoms with Crippen LogP contribution in [0.4, 0.5) is 0 Å². The number of amides is 1. The van der Waals surface area contributed by atoms with E-state index < -0.39 is 0 Å². The molecule has 116 valence electrons. The number of imidazole rings is 1. The number of benzene rings is 1. The molecular weight excluding hydrogens is 278 g/mol. The van der Waals surface area contributed by atoms with E-state index in [1.807, 2.05) is 43.0 Å². The minimum atomic E-state index is 0.131. The predicted molar refractivity (Wildman–Crippen MR) is 83.7 cm³/mol. The number of nitrogens with one attached hydrogen (secondary N) is 1. The van der Waals surface area contributed by atoms with Crippen molar-refractivity contribution in [3.05, 3.63) is 47.0 Å². The molecule has 1 aromatic heterocycles. The molecule has 0 unspecified atom stereocenters. The summed E-state index contributed by atoms with van der Waals surface area (Å²) in [5.74, 6) is 1.90. The average molecular weight is 299 g/mol. The number of nitrogens with zero attached hydrogens (tertiary/aromatic N) is 2. The van der Waals surface area contributed by atoms with Gasteiger partial charge in [-0.2, -0.15) is 0 Å². The van der Waals surface area contributed by atoms with Crippen molar-refractivity contribution >= 4 is 5.91 Å². The molecule has 0 radical (unpaired) electrons. The first-order chi connectivity index (χ1) is 10.6. The van der Waals surface area contributed by atoms with Crippen molar-refractivity contribution in [3.8, 4) is 5.75 Å². The Morgan fingerprint density at radius 2 is 2.18 bits per heavy atom. The number of hydrogen-bond donors (Lipinski definition) is 1. The van der Waals surface area contributed by atoms with Gasteiger partial charge in [-0.1, -0.05) is 18.2 Å². The molecule has 3 rings (SSSR count). The van der Waals surface area contributed by atoms with Crippen LogP contribution in [0.15, 0.2) is 24.3 Å². The van der Waals surface area contributed by atoms with Crippen LogP contribution in [0.5, 0.6) is 5.75 Å². The molecule has 2 aromatic rings. The number of carbonyl (C=O) groups excluding carboxylic acids is 1. The van der Waals surface area contributed by atoms with Gasteiger partial charge >= 0.3 is 0 Å². The summed E-state index contributed by atoms with van der Waals surface area (Å²) in [4.78, 5) is 21.9. The van der Waals surface area contributed by atoms with Gasteiger partial charge in [0.1, 0.15) is 11.6 Å². The van der Waals surface area contributed by atoms with Crippen LogP contribution in [-0.2, 0) is 17.8 Å². The Kier molecular flexibility index (Phi) is 4.13. The summed E-state index contributed by atoms with van der Waals surface area (Å²) in [5.41, 5.74) is 3.25. The second kappa shape index (κ2) is 6.22. The maximum Gasteiger partial charge on any atom is 0.226 e. The third-order valence-corrected chi connectivity index (χ3v) is 3.97. The first-order valence-corrected chi connectivity index (χ1v) is 7.64. The minimum Gasteiger partial charge on any atom is -0.493 e. The highest BCUT2D eigenvalue weighted by atomic mass is 16.5. The zero-order valence-corrected chi connectivity index (χ0v) is 13.1. The van der Waals surface area contributed by atoms with E-state index in [0.717, 1.165) is 41.5 Å². The zero-order chi connectivity index (χ0) is 15.5. The van der Waals surface area contributed by atoms with E-state index in [1.165, 1.54) is 0 Å². The monoisotopic (exact) mass is 299 g/mol. The topological polar surface area (TPSA) is 58.2 Å². The first-order valence-electron chi connectivity index (χ1n) is 7.64. The average Bonchev–Trinajstić information content (AvgIpc) is 2.88. The molecule has 0 saturated carbocycles. The largest absolute Gasteiger partial charge is 0.493 e. The molecule has 5 heteroatoms. The molecule has 0 atom stereocenters. The van der Waals surface area contributed by atoms with E-state index in [-0.39, 0.29) is 5.91 Å². The van der Waals surface area contributed by atoms with Crippen LogP contribution in [0.3, 0.4) is 0 Å². The van der Waals surface area contributed by atoms with Gasteiger partial charge in [0.15, 0.2) is 0 Å². The fourth-order valence-electron chi connectivity index (χ4n) is 2.77. The summed E-state index contributed by atoms with van der Waals surface area (Å²) >= 11 is 0. The lowest BCUT2D eigenvalue weighted by Gasteiger charge is -2.26. The van der Waals surface area contributed by atoms with Crippen LogP contribution in [0.1, 0.15) is 29.2 Å². The lowest BCUT2D eigenvalue weighted by molar-refractivity contribution is -0.132. The molecule has 1 aliphatic rings. The maximum atomic E-state index is 12.3. The number of hydrogen-bond acceptors (Lipinski definition) is 3. The summed E-state index contributed by atoms with van der Waals surface area (Å²) in [6.45, 7) is 5.72. The Bertz CT molecular complexity index is 678. The summed E-state index contributed by atoms with van der Waals surface area (Å²) in [6.07, 6.45) is 1.22. The number of ether oxygens (including phenoxy) is 1. The van der Waals surface area contributed by atoms with E-state index in [0.29, 0.717) is 19.6 Å². The van der Waals surface area contributed by atoms with E-state index in [2.05, 4.69) is 9.97 Å². The van der Waals surface area contributed by atoms with E-state index in [1.54, 1.807) is 0 Å². The number of aromatic nitrogens is 2. The van der Waals surface area contributed by atoms with Gasteiger partial charge in [-0.25, -0.2) is 4.98 Å². The molecule has 1 amide bonds. The van der Waals surface area contributed by atoms with Crippen LogP contribution in [0.2, 0.25) is 0 Å². The van der Waals surface area contributed by atoms with Crippen molar-refractivity contribution in [1.29, 1.82) is 0 Å². The van der Waals surface area contributed by atoms with Gasteiger partial charge in [-0.3, -0.25) is 4.79 Å². The molecule has 0 fully saturated rings. The Morgan fingerprint density at radius 1 is 1.36 bits per heavy atom. The number of aromatic amines is 1. The van der Waals surface area contributed by atoms with E-state index >= 15 is 0 Å². The summed E-state index contributed by atoms with van der Waals surface area (Å²) in [5, 5.41) is 0. The summed E-state index contributed by atoms with van der Waals surface area (Å²) in [6, 6.07) is 7.85. The van der Waals surface area contributed by atoms with Crippen LogP contribution in [0, 0.1) is 13.8 Å². The third kappa shape index (κ3) is 3.13. The second-order valence-electron chi connectivity index (χ2n) is 5.68. The summed E-state index contributed by atoms with van der Waals surface area (Å²) in [7, 11) is 0. The van der Waals surface area contributed by atoms with Gasteiger partial charge in [0.25, 0.3) is 0 Å². The predicted octanol–water partition coefficient (Wildman–Crippen LogP) is 2.38. The fraction of sp³-hybridized carbons (Fsp3) is 0.412. The number of H-pyrrole nitrogens is 1. The molecule has 22 heavy (non-hydrogen) atoms. The number of aryl methyl sites for hydroxylation is 2. The zero-order valence-electron chi connectivity index (χ0n) is 13.1. The highest BCUT2D eigenvalue weighted by Gasteiger charge is 2.22. The number of fused-ring (bicyclic) bond motifs is 1. The molecule has 1 N–H and O–H groups in total. The van der Waals surface area contributed by atoms with Gasteiger partial charge in [0.05, 0.1) is 31.0 Å². The van der Waals surface area contributed by atoms with Gasteiger partial charge in [0.2, 0.25) is 5.91 Å². The summed E-state index contributed by atoms with van der Waals surface area (Å²) < 4.78 is 5.70. The van der Waals surface area contributed by atoms with Crippen LogP contribution in [-0.4, -0.2) is 33.9 Å². The molecule has 5 nitrogen and oxygen atoms in total. The Hall–Kier alpha value is -2.30. The molecule has 2 heterocycles. The molecule has 1 aromatic carbocycles. The Labute approximate surface area is 130 Å². The van der Waals surface area contributed by atoms with E-state index in [9.17, 15) is 4.79 Å². The number of carbonyl (C=O) groups is 1. The van der Waals surface area contributed by atoms with Gasteiger partial charge in [0, 0.05) is 13.0 Å². The molecule has 0 bridgehead atoms. The van der Waals surface area contributed by atoms with Gasteiger partial charge < -0.3 is 14.6 Å². The molecule has 1 aliphatic heterocycles. The standard InChI is InChI=1S/C17H21N3O2/c1-12-5-3-4-6-16(12)22-10-8-17(21)20-9-7-14-15(11-20)19-13(2)18-14/h3-6H,7-11H2,1-2H3,(H,18,19). The highest BCUT2D eigenvalue weighted by molar-refractivity contribution is 5.76. The van der Waals surface area contributed by atoms with Gasteiger partial charge in [-0.15, -0.1) is 0 Å². The Morgan fingerprint density at radius 3 is 3.00 bits per heavy atom. The molecular formula is C17H21N3O2. The van der Waals surface area contributed by atoms with Crippen molar-refractivity contribution in [1.82, 2.24) is 14.9 Å². The Balaban J connectivity index is 1.52. The normalized spacial score (nSPS) is 13.8. The third-order valence-electron chi connectivity index (χ3n) is 3.97. The van der Waals surface area contributed by atoms with E-state index in [4.69, 9.17) is 4.74 Å². The van der Waals surface area contributed by atoms with Crippen molar-refractivity contribution in [2.24, 2.45) is 0 Å². The highest BCUT2D eigenvalue weighted by Crippen LogP contribution is 2.18. The van der Waals surface area contributed by atoms with Crippen LogP contribution in [0.25, 0.3) is 0 Å². The van der Waals surface area contributed by atoms with Crippen LogP contribution < -0.4 is 4.74 Å². The quantitative estimate of drug-likeness (QED) is 0.943. The lowest BCUT2D eigenvalue weighted by Crippen LogP contribution is -2.36. The van der Waals surface area contributed by atoms with Crippen molar-refractivity contribution < 1.29 is 9.53 Å². The fourth-order valence-corrected chi connectivity index (χ4v) is 2.77. The lowest BCUT2D eigenvalue weighted by atomic mass is 10.1. The molecule has 0 spiro atoms. The SMILES string of the molecule is Cc1nc2c([nH]1)CN(C(=O)CCOc1ccccc1C)CC2. The number of rotatable bonds is 4. The maximum absolute atomic E-state index is 12.3.